The third-order valence-electron chi connectivity index (χ3n) is 7.17. The molecule has 2 bridgehead atoms. The molecule has 0 N–H and O–H groups in total. The number of amides is 1. The predicted octanol–water partition coefficient (Wildman–Crippen LogP) is 5.42. The Bertz CT molecular complexity index is 1140. The van der Waals surface area contributed by atoms with E-state index in [9.17, 15) is 9.18 Å². The molecule has 3 aromatic rings. The fourth-order valence-electron chi connectivity index (χ4n) is 6.37. The number of nitrogens with zero attached hydrogens (tertiary/aromatic N) is 3. The van der Waals surface area contributed by atoms with Gasteiger partial charge in [0.1, 0.15) is 11.5 Å². The number of carbonyl (C=O) groups excluding carboxylic acids is 1. The molecule has 2 aromatic heterocycles. The van der Waals surface area contributed by atoms with Crippen LogP contribution in [0.1, 0.15) is 63.6 Å². The smallest absolute Gasteiger partial charge is 0.223 e. The number of aromatic nitrogens is 2. The van der Waals surface area contributed by atoms with Crippen LogP contribution < -0.4 is 0 Å². The van der Waals surface area contributed by atoms with Crippen molar-refractivity contribution in [2.24, 2.45) is 10.8 Å². The van der Waals surface area contributed by atoms with Crippen LogP contribution in [0.3, 0.4) is 0 Å². The molecular weight excluding hydrogens is 389 g/mol. The molecule has 3 atom stereocenters. The molecule has 1 amide bonds. The highest BCUT2D eigenvalue weighted by Crippen LogP contribution is 2.52. The van der Waals surface area contributed by atoms with E-state index >= 15 is 0 Å². The van der Waals surface area contributed by atoms with Gasteiger partial charge in [0.2, 0.25) is 5.91 Å². The first-order chi connectivity index (χ1) is 14.7. The van der Waals surface area contributed by atoms with Crippen molar-refractivity contribution in [1.82, 2.24) is 14.3 Å². The summed E-state index contributed by atoms with van der Waals surface area (Å²) in [4.78, 5) is 20.3. The Balaban J connectivity index is 1.49. The monoisotopic (exact) mass is 419 g/mol. The van der Waals surface area contributed by atoms with Crippen molar-refractivity contribution in [3.05, 3.63) is 71.9 Å². The molecule has 1 aliphatic heterocycles. The number of likely N-dealkylation sites (tertiary alicyclic amines) is 1. The fourth-order valence-corrected chi connectivity index (χ4v) is 6.37. The summed E-state index contributed by atoms with van der Waals surface area (Å²) in [5, 5.41) is 0. The van der Waals surface area contributed by atoms with E-state index < -0.39 is 0 Å². The Morgan fingerprint density at radius 3 is 2.84 bits per heavy atom. The molecule has 3 heterocycles. The molecule has 2 aliphatic rings. The van der Waals surface area contributed by atoms with Crippen molar-refractivity contribution in [3.8, 4) is 0 Å². The number of hydrogen-bond donors (Lipinski definition) is 0. The lowest BCUT2D eigenvalue weighted by Crippen LogP contribution is -2.38. The Morgan fingerprint density at radius 1 is 1.19 bits per heavy atom. The Labute approximate surface area is 183 Å². The molecule has 0 radical (unpaired) electrons. The van der Waals surface area contributed by atoms with Crippen LogP contribution in [0.5, 0.6) is 0 Å². The summed E-state index contributed by atoms with van der Waals surface area (Å²) >= 11 is 0. The van der Waals surface area contributed by atoms with E-state index in [1.807, 2.05) is 41.1 Å². The third kappa shape index (κ3) is 3.75. The second-order valence-corrected chi connectivity index (χ2v) is 10.7. The zero-order chi connectivity index (χ0) is 21.8. The molecule has 1 aromatic carbocycles. The van der Waals surface area contributed by atoms with E-state index in [0.717, 1.165) is 42.7 Å². The number of rotatable bonds is 4. The predicted molar refractivity (Wildman–Crippen MR) is 119 cm³/mol. The highest BCUT2D eigenvalue weighted by atomic mass is 19.1. The van der Waals surface area contributed by atoms with E-state index in [0.29, 0.717) is 12.5 Å². The first-order valence-corrected chi connectivity index (χ1v) is 11.2. The minimum atomic E-state index is -0.282. The number of imidazole rings is 1. The van der Waals surface area contributed by atoms with Gasteiger partial charge in [0.15, 0.2) is 0 Å². The van der Waals surface area contributed by atoms with Crippen LogP contribution in [0.25, 0.3) is 5.65 Å². The number of pyridine rings is 1. The summed E-state index contributed by atoms with van der Waals surface area (Å²) in [7, 11) is 0. The van der Waals surface area contributed by atoms with Gasteiger partial charge in [0.05, 0.1) is 5.69 Å². The summed E-state index contributed by atoms with van der Waals surface area (Å²) in [6, 6.07) is 12.8. The first-order valence-electron chi connectivity index (χ1n) is 11.2. The van der Waals surface area contributed by atoms with Crippen LogP contribution in [-0.2, 0) is 4.79 Å². The number of benzene rings is 1. The molecular formula is C26H30FN3O. The summed E-state index contributed by atoms with van der Waals surface area (Å²) in [6.07, 6.45) is 7.39. The van der Waals surface area contributed by atoms with Crippen LogP contribution in [0.2, 0.25) is 0 Å². The zero-order valence-corrected chi connectivity index (χ0v) is 18.5. The maximum absolute atomic E-state index is 14.1. The van der Waals surface area contributed by atoms with Gasteiger partial charge < -0.3 is 9.30 Å². The minimum Gasteiger partial charge on any atom is -0.339 e. The average Bonchev–Trinajstić information content (AvgIpc) is 3.23. The number of carbonyl (C=O) groups is 1. The van der Waals surface area contributed by atoms with Crippen molar-refractivity contribution in [3.63, 3.8) is 0 Å². The first kappa shape index (κ1) is 20.2. The van der Waals surface area contributed by atoms with Crippen molar-refractivity contribution in [1.29, 1.82) is 0 Å². The Kier molecular flexibility index (Phi) is 4.68. The number of hydrogen-bond acceptors (Lipinski definition) is 2. The van der Waals surface area contributed by atoms with Gasteiger partial charge in [-0.05, 0) is 59.9 Å². The van der Waals surface area contributed by atoms with Crippen molar-refractivity contribution in [2.45, 2.75) is 58.4 Å². The Hall–Kier alpha value is -2.69. The van der Waals surface area contributed by atoms with Crippen molar-refractivity contribution >= 4 is 11.6 Å². The van der Waals surface area contributed by atoms with E-state index in [1.54, 1.807) is 12.1 Å². The largest absolute Gasteiger partial charge is 0.339 e. The summed E-state index contributed by atoms with van der Waals surface area (Å²) in [5.41, 5.74) is 3.02. The summed E-state index contributed by atoms with van der Waals surface area (Å²) in [6.45, 7) is 7.78. The van der Waals surface area contributed by atoms with Gasteiger partial charge in [0.25, 0.3) is 0 Å². The lowest BCUT2D eigenvalue weighted by molar-refractivity contribution is -0.132. The number of halogens is 1. The average molecular weight is 420 g/mol. The van der Waals surface area contributed by atoms with Crippen LogP contribution >= 0.6 is 0 Å². The van der Waals surface area contributed by atoms with E-state index in [1.165, 1.54) is 6.07 Å². The molecule has 2 fully saturated rings. The summed E-state index contributed by atoms with van der Waals surface area (Å²) < 4.78 is 16.1. The molecule has 1 saturated carbocycles. The normalized spacial score (nSPS) is 25.7. The van der Waals surface area contributed by atoms with Gasteiger partial charge >= 0.3 is 0 Å². The van der Waals surface area contributed by atoms with Gasteiger partial charge in [-0.2, -0.15) is 0 Å². The van der Waals surface area contributed by atoms with Crippen molar-refractivity contribution < 1.29 is 9.18 Å². The van der Waals surface area contributed by atoms with E-state index in [4.69, 9.17) is 0 Å². The quantitative estimate of drug-likeness (QED) is 0.566. The molecule has 5 rings (SSSR count). The lowest BCUT2D eigenvalue weighted by atomic mass is 9.65. The summed E-state index contributed by atoms with van der Waals surface area (Å²) in [5.74, 6) is -0.372. The van der Waals surface area contributed by atoms with Gasteiger partial charge in [-0.15, -0.1) is 0 Å². The molecule has 1 aliphatic carbocycles. The standard InChI is InChI=1S/C26H30FN3O/c1-25(2)13-20-14-26(3,16-25)17-30(20)24(31)12-21(18-7-6-8-19(27)11-18)22-15-28-23-9-4-5-10-29(22)23/h4-11,15,20-21H,12-14,16-17H2,1-3H3. The van der Waals surface area contributed by atoms with E-state index in [2.05, 4.69) is 30.7 Å². The van der Waals surface area contributed by atoms with Gasteiger partial charge in [0, 0.05) is 37.3 Å². The lowest BCUT2D eigenvalue weighted by Gasteiger charge is -2.39. The van der Waals surface area contributed by atoms with Gasteiger partial charge in [-0.25, -0.2) is 9.37 Å². The molecule has 4 nitrogen and oxygen atoms in total. The molecule has 3 unspecified atom stereocenters. The molecule has 0 spiro atoms. The maximum Gasteiger partial charge on any atom is 0.223 e. The second kappa shape index (κ2) is 7.18. The third-order valence-corrected chi connectivity index (χ3v) is 7.17. The fraction of sp³-hybridized carbons (Fsp3) is 0.462. The Morgan fingerprint density at radius 2 is 2.03 bits per heavy atom. The van der Waals surface area contributed by atoms with Crippen LogP contribution in [0.15, 0.2) is 54.9 Å². The highest BCUT2D eigenvalue weighted by molar-refractivity contribution is 5.78. The molecule has 162 valence electrons. The molecule has 31 heavy (non-hydrogen) atoms. The van der Waals surface area contributed by atoms with Crippen LogP contribution in [0.4, 0.5) is 4.39 Å². The van der Waals surface area contributed by atoms with Crippen LogP contribution in [-0.4, -0.2) is 32.8 Å². The van der Waals surface area contributed by atoms with Crippen molar-refractivity contribution in [2.75, 3.05) is 6.54 Å². The van der Waals surface area contributed by atoms with Gasteiger partial charge in [-0.1, -0.05) is 39.0 Å². The van der Waals surface area contributed by atoms with Crippen LogP contribution in [0, 0.1) is 16.6 Å². The topological polar surface area (TPSA) is 37.6 Å². The molecule has 5 heteroatoms. The maximum atomic E-state index is 14.1. The van der Waals surface area contributed by atoms with Gasteiger partial charge in [-0.3, -0.25) is 4.79 Å². The zero-order valence-electron chi connectivity index (χ0n) is 18.5. The molecule has 1 saturated heterocycles. The second-order valence-electron chi connectivity index (χ2n) is 10.7. The highest BCUT2D eigenvalue weighted by Gasteiger charge is 2.51. The number of fused-ring (bicyclic) bond motifs is 3. The van der Waals surface area contributed by atoms with E-state index in [-0.39, 0.29) is 28.5 Å². The minimum absolute atomic E-state index is 0.159. The SMILES string of the molecule is CC1(C)CC2CC(C)(CN2C(=O)CC(c2cccc(F)c2)c2cnc3ccccn23)C1.